The summed E-state index contributed by atoms with van der Waals surface area (Å²) in [6.07, 6.45) is 0.495. The van der Waals surface area contributed by atoms with Crippen molar-refractivity contribution in [1.82, 2.24) is 9.47 Å². The zero-order valence-corrected chi connectivity index (χ0v) is 21.4. The molecule has 2 aromatic carbocycles. The molecule has 3 aliphatic heterocycles. The monoisotopic (exact) mass is 538 g/mol. The molecule has 198 valence electrons. The lowest BCUT2D eigenvalue weighted by Gasteiger charge is -2.29. The number of benzene rings is 2. The van der Waals surface area contributed by atoms with Crippen molar-refractivity contribution in [2.75, 3.05) is 42.2 Å². The van der Waals surface area contributed by atoms with Crippen molar-refractivity contribution >= 4 is 46.0 Å². The average Bonchev–Trinajstić information content (AvgIpc) is 3.49. The second-order valence-electron chi connectivity index (χ2n) is 9.73. The van der Waals surface area contributed by atoms with Crippen LogP contribution < -0.4 is 15.8 Å². The number of halogens is 1. The molecule has 1 saturated heterocycles. The number of ether oxygens (including phenoxy) is 1. The fourth-order valence-corrected chi connectivity index (χ4v) is 6.44. The SMILES string of the molecule is O=C1CSc2ccc(N3C[C@@H](CCCN(CCO)[C@H]4Cn5c(=O)ccc6ccc(F)c4c65)OC3=O)cc2N1. The Balaban J connectivity index is 1.12. The lowest BCUT2D eigenvalue weighted by Crippen LogP contribution is -2.34. The van der Waals surface area contributed by atoms with Gasteiger partial charge in [-0.2, -0.15) is 0 Å². The summed E-state index contributed by atoms with van der Waals surface area (Å²) in [5, 5.41) is 13.4. The number of nitrogens with one attached hydrogen (secondary N) is 1. The van der Waals surface area contributed by atoms with Crippen LogP contribution in [0.1, 0.15) is 24.4 Å². The van der Waals surface area contributed by atoms with Crippen molar-refractivity contribution in [3.63, 3.8) is 0 Å². The summed E-state index contributed by atoms with van der Waals surface area (Å²) in [6, 6.07) is 11.5. The van der Waals surface area contributed by atoms with Gasteiger partial charge in [0, 0.05) is 35.3 Å². The van der Waals surface area contributed by atoms with Crippen molar-refractivity contribution < 1.29 is 23.8 Å². The summed E-state index contributed by atoms with van der Waals surface area (Å²) < 4.78 is 22.2. The first-order chi connectivity index (χ1) is 18.4. The average molecular weight is 539 g/mol. The number of pyridine rings is 1. The van der Waals surface area contributed by atoms with Gasteiger partial charge in [-0.15, -0.1) is 11.8 Å². The van der Waals surface area contributed by atoms with Crippen LogP contribution in [0.3, 0.4) is 0 Å². The van der Waals surface area contributed by atoms with E-state index in [1.54, 1.807) is 27.7 Å². The number of aliphatic hydroxyl groups excluding tert-OH is 1. The van der Waals surface area contributed by atoms with Gasteiger partial charge in [-0.1, -0.05) is 0 Å². The molecule has 1 aromatic heterocycles. The van der Waals surface area contributed by atoms with Gasteiger partial charge in [0.25, 0.3) is 5.56 Å². The molecular formula is C27H27FN4O5S. The maximum atomic E-state index is 15.0. The largest absolute Gasteiger partial charge is 0.444 e. The van der Waals surface area contributed by atoms with E-state index in [-0.39, 0.29) is 36.0 Å². The molecular weight excluding hydrogens is 511 g/mol. The number of aliphatic hydroxyl groups is 1. The van der Waals surface area contributed by atoms with E-state index >= 15 is 0 Å². The molecule has 6 rings (SSSR count). The Labute approximate surface area is 222 Å². The number of hydrogen-bond donors (Lipinski definition) is 2. The highest BCUT2D eigenvalue weighted by Crippen LogP contribution is 2.38. The van der Waals surface area contributed by atoms with Crippen molar-refractivity contribution in [2.24, 2.45) is 0 Å². The van der Waals surface area contributed by atoms with Crippen LogP contribution >= 0.6 is 11.8 Å². The van der Waals surface area contributed by atoms with E-state index in [1.807, 2.05) is 17.0 Å². The summed E-state index contributed by atoms with van der Waals surface area (Å²) in [7, 11) is 0. The first-order valence-corrected chi connectivity index (χ1v) is 13.6. The maximum absolute atomic E-state index is 15.0. The molecule has 2 N–H and O–H groups in total. The second-order valence-corrected chi connectivity index (χ2v) is 10.7. The fourth-order valence-electron chi connectivity index (χ4n) is 5.65. The Morgan fingerprint density at radius 2 is 1.95 bits per heavy atom. The first kappa shape index (κ1) is 24.9. The Bertz CT molecular complexity index is 1490. The number of carbonyl (C=O) groups is 2. The molecule has 2 amide bonds. The Hall–Kier alpha value is -3.41. The molecule has 0 unspecified atom stereocenters. The molecule has 3 aliphatic rings. The standard InChI is InChI=1S/C27H27FN4O5S/c28-19-6-3-16-4-8-24(35)32-14-21(25(19)26(16)32)30(10-11-33)9-1-2-18-13-31(27(36)37-18)17-5-7-22-20(12-17)29-23(34)15-38-22/h3-8,12,18,21,33H,1-2,9-11,13-15H2,(H,29,34)/t18-,21+/m1/s1. The van der Waals surface area contributed by atoms with Crippen molar-refractivity contribution in [3.05, 3.63) is 64.2 Å². The van der Waals surface area contributed by atoms with E-state index in [9.17, 15) is 23.9 Å². The van der Waals surface area contributed by atoms with Gasteiger partial charge in [0.05, 0.1) is 36.2 Å². The van der Waals surface area contributed by atoms with Gasteiger partial charge in [-0.25, -0.2) is 9.18 Å². The van der Waals surface area contributed by atoms with Crippen LogP contribution in [0.15, 0.2) is 52.2 Å². The van der Waals surface area contributed by atoms with E-state index in [0.717, 1.165) is 10.3 Å². The highest BCUT2D eigenvalue weighted by atomic mass is 32.2. The van der Waals surface area contributed by atoms with Crippen LogP contribution in [-0.4, -0.2) is 64.7 Å². The van der Waals surface area contributed by atoms with Gasteiger partial charge in [-0.3, -0.25) is 19.4 Å². The van der Waals surface area contributed by atoms with Gasteiger partial charge in [0.2, 0.25) is 5.91 Å². The highest BCUT2D eigenvalue weighted by molar-refractivity contribution is 8.00. The molecule has 0 aliphatic carbocycles. The molecule has 0 saturated carbocycles. The smallest absolute Gasteiger partial charge is 0.414 e. The quantitative estimate of drug-likeness (QED) is 0.453. The number of cyclic esters (lactones) is 1. The summed E-state index contributed by atoms with van der Waals surface area (Å²) >= 11 is 1.46. The Kier molecular flexibility index (Phi) is 6.58. The van der Waals surface area contributed by atoms with Crippen LogP contribution in [0.4, 0.5) is 20.6 Å². The van der Waals surface area contributed by atoms with Crippen molar-refractivity contribution in [1.29, 1.82) is 0 Å². The van der Waals surface area contributed by atoms with Crippen LogP contribution in [0.2, 0.25) is 0 Å². The van der Waals surface area contributed by atoms with Gasteiger partial charge >= 0.3 is 6.09 Å². The lowest BCUT2D eigenvalue weighted by atomic mass is 10.0. The van der Waals surface area contributed by atoms with Crippen LogP contribution in [-0.2, 0) is 16.1 Å². The summed E-state index contributed by atoms with van der Waals surface area (Å²) in [5.74, 6) is -0.0542. The number of carbonyl (C=O) groups excluding carboxylic acids is 2. The van der Waals surface area contributed by atoms with E-state index < -0.39 is 6.09 Å². The number of hydrogen-bond acceptors (Lipinski definition) is 7. The van der Waals surface area contributed by atoms with Crippen LogP contribution in [0.5, 0.6) is 0 Å². The maximum Gasteiger partial charge on any atom is 0.414 e. The summed E-state index contributed by atoms with van der Waals surface area (Å²) in [4.78, 5) is 41.4. The van der Waals surface area contributed by atoms with Gasteiger partial charge in [0.15, 0.2) is 0 Å². The van der Waals surface area contributed by atoms with Crippen LogP contribution in [0.25, 0.3) is 10.9 Å². The fraction of sp³-hybridized carbons (Fsp3) is 0.370. The Morgan fingerprint density at radius 1 is 1.11 bits per heavy atom. The molecule has 0 bridgehead atoms. The minimum absolute atomic E-state index is 0.0692. The van der Waals surface area contributed by atoms with E-state index in [0.29, 0.717) is 67.2 Å². The number of anilines is 2. The molecule has 9 nitrogen and oxygen atoms in total. The zero-order chi connectivity index (χ0) is 26.4. The Morgan fingerprint density at radius 3 is 2.79 bits per heavy atom. The van der Waals surface area contributed by atoms with E-state index in [4.69, 9.17) is 4.74 Å². The summed E-state index contributed by atoms with van der Waals surface area (Å²) in [6.45, 7) is 1.49. The first-order valence-electron chi connectivity index (χ1n) is 12.6. The molecule has 2 atom stereocenters. The zero-order valence-electron chi connectivity index (χ0n) is 20.6. The molecule has 0 radical (unpaired) electrons. The minimum atomic E-state index is -0.434. The van der Waals surface area contributed by atoms with E-state index in [2.05, 4.69) is 5.32 Å². The van der Waals surface area contributed by atoms with Crippen LogP contribution in [0, 0.1) is 5.82 Å². The molecule has 4 heterocycles. The molecule has 3 aromatic rings. The molecule has 1 fully saturated rings. The van der Waals surface area contributed by atoms with E-state index in [1.165, 1.54) is 23.9 Å². The van der Waals surface area contributed by atoms with Crippen molar-refractivity contribution in [3.8, 4) is 0 Å². The number of amides is 2. The lowest BCUT2D eigenvalue weighted by molar-refractivity contribution is -0.113. The number of nitrogens with zero attached hydrogens (tertiary/aromatic N) is 3. The van der Waals surface area contributed by atoms with Crippen molar-refractivity contribution in [2.45, 2.75) is 36.4 Å². The van der Waals surface area contributed by atoms with Gasteiger partial charge in [-0.05, 0) is 61.2 Å². The van der Waals surface area contributed by atoms with Gasteiger partial charge in [0.1, 0.15) is 11.9 Å². The highest BCUT2D eigenvalue weighted by Gasteiger charge is 2.35. The second kappa shape index (κ2) is 10.0. The molecule has 38 heavy (non-hydrogen) atoms. The minimum Gasteiger partial charge on any atom is -0.444 e. The number of fused-ring (bicyclic) bond motifs is 1. The third kappa shape index (κ3) is 4.44. The molecule has 11 heteroatoms. The predicted octanol–water partition coefficient (Wildman–Crippen LogP) is 3.34. The predicted molar refractivity (Wildman–Crippen MR) is 142 cm³/mol. The van der Waals surface area contributed by atoms with Gasteiger partial charge < -0.3 is 19.7 Å². The normalized spacial score (nSPS) is 20.2. The number of rotatable bonds is 8. The summed E-state index contributed by atoms with van der Waals surface area (Å²) in [5.41, 5.74) is 2.29. The molecule has 0 spiro atoms. The number of aromatic nitrogens is 1. The third-order valence-corrected chi connectivity index (χ3v) is 8.48. The number of thioether (sulfide) groups is 1. The topological polar surface area (TPSA) is 104 Å². The third-order valence-electron chi connectivity index (χ3n) is 7.41.